The Hall–Kier alpha value is -1.15. The molecule has 0 amide bonds. The summed E-state index contributed by atoms with van der Waals surface area (Å²) < 4.78 is 1.18. The predicted molar refractivity (Wildman–Crippen MR) is 63.2 cm³/mol. The fourth-order valence-corrected chi connectivity index (χ4v) is 2.11. The summed E-state index contributed by atoms with van der Waals surface area (Å²) in [5.74, 6) is 0.149. The van der Waals surface area contributed by atoms with Crippen LogP contribution in [0.25, 0.3) is 10.1 Å². The fraction of sp³-hybridized carbons (Fsp3) is 0.250. The van der Waals surface area contributed by atoms with Crippen LogP contribution in [0, 0.1) is 0 Å². The van der Waals surface area contributed by atoms with Crippen LogP contribution >= 0.6 is 11.3 Å². The van der Waals surface area contributed by atoms with E-state index < -0.39 is 0 Å². The van der Waals surface area contributed by atoms with E-state index in [1.807, 2.05) is 44.2 Å². The SMILES string of the molecule is CC.CC(=O)c1cc2ccccc2s1. The van der Waals surface area contributed by atoms with E-state index in [-0.39, 0.29) is 5.78 Å². The highest BCUT2D eigenvalue weighted by Crippen LogP contribution is 2.25. The number of thiophene rings is 1. The highest BCUT2D eigenvalue weighted by atomic mass is 32.1. The van der Waals surface area contributed by atoms with E-state index in [4.69, 9.17) is 0 Å². The molecule has 0 saturated carbocycles. The van der Waals surface area contributed by atoms with Crippen LogP contribution in [-0.4, -0.2) is 5.78 Å². The molecule has 0 radical (unpaired) electrons. The Morgan fingerprint density at radius 2 is 1.86 bits per heavy atom. The number of ketones is 1. The molecule has 1 aromatic carbocycles. The van der Waals surface area contributed by atoms with E-state index in [2.05, 4.69) is 0 Å². The third-order valence-corrected chi connectivity index (χ3v) is 2.99. The molecule has 1 nitrogen and oxygen atoms in total. The predicted octanol–water partition coefficient (Wildman–Crippen LogP) is 4.13. The quantitative estimate of drug-likeness (QED) is 0.641. The average Bonchev–Trinajstić information content (AvgIpc) is 2.64. The van der Waals surface area contributed by atoms with Crippen molar-refractivity contribution in [3.05, 3.63) is 35.2 Å². The lowest BCUT2D eigenvalue weighted by molar-refractivity contribution is 0.102. The number of Topliss-reactive ketones (excluding diaryl/α,β-unsaturated/α-hetero) is 1. The molecule has 1 heterocycles. The van der Waals surface area contributed by atoms with Crippen LogP contribution < -0.4 is 0 Å². The summed E-state index contributed by atoms with van der Waals surface area (Å²) in [6.45, 7) is 5.60. The molecule has 0 aliphatic heterocycles. The van der Waals surface area contributed by atoms with Crippen LogP contribution in [0.5, 0.6) is 0 Å². The van der Waals surface area contributed by atoms with Gasteiger partial charge >= 0.3 is 0 Å². The molecule has 74 valence electrons. The van der Waals surface area contributed by atoms with E-state index in [0.29, 0.717) is 0 Å². The second kappa shape index (κ2) is 4.91. The minimum atomic E-state index is 0.149. The summed E-state index contributed by atoms with van der Waals surface area (Å²) in [6, 6.07) is 9.98. The van der Waals surface area contributed by atoms with Crippen molar-refractivity contribution in [3.8, 4) is 0 Å². The second-order valence-electron chi connectivity index (χ2n) is 2.70. The van der Waals surface area contributed by atoms with E-state index in [0.717, 1.165) is 10.3 Å². The maximum atomic E-state index is 11.0. The number of benzene rings is 1. The number of hydrogen-bond donors (Lipinski definition) is 0. The van der Waals surface area contributed by atoms with Crippen molar-refractivity contribution in [1.82, 2.24) is 0 Å². The van der Waals surface area contributed by atoms with E-state index in [9.17, 15) is 4.79 Å². The first-order valence-corrected chi connectivity index (χ1v) is 5.58. The summed E-state index contributed by atoms with van der Waals surface area (Å²) in [7, 11) is 0. The summed E-state index contributed by atoms with van der Waals surface area (Å²) in [5.41, 5.74) is 0. The monoisotopic (exact) mass is 206 g/mol. The molecule has 2 heteroatoms. The first-order chi connectivity index (χ1) is 6.77. The van der Waals surface area contributed by atoms with E-state index in [1.54, 1.807) is 18.3 Å². The number of fused-ring (bicyclic) bond motifs is 1. The van der Waals surface area contributed by atoms with Gasteiger partial charge < -0.3 is 0 Å². The van der Waals surface area contributed by atoms with Gasteiger partial charge in [-0.3, -0.25) is 4.79 Å². The Morgan fingerprint density at radius 1 is 1.21 bits per heavy atom. The maximum absolute atomic E-state index is 11.0. The number of carbonyl (C=O) groups excluding carboxylic acids is 1. The van der Waals surface area contributed by atoms with Gasteiger partial charge in [0.1, 0.15) is 0 Å². The minimum Gasteiger partial charge on any atom is -0.294 e. The van der Waals surface area contributed by atoms with Crippen LogP contribution in [0.1, 0.15) is 30.4 Å². The van der Waals surface area contributed by atoms with Gasteiger partial charge in [0.15, 0.2) is 5.78 Å². The summed E-state index contributed by atoms with van der Waals surface area (Å²) in [5, 5.41) is 1.16. The average molecular weight is 206 g/mol. The van der Waals surface area contributed by atoms with E-state index >= 15 is 0 Å². The Kier molecular flexibility index (Phi) is 3.84. The fourth-order valence-electron chi connectivity index (χ4n) is 1.16. The molecule has 0 atom stereocenters. The van der Waals surface area contributed by atoms with Crippen LogP contribution in [0.15, 0.2) is 30.3 Å². The molecule has 0 aliphatic rings. The lowest BCUT2D eigenvalue weighted by Crippen LogP contribution is -1.83. The minimum absolute atomic E-state index is 0.149. The summed E-state index contributed by atoms with van der Waals surface area (Å²) >= 11 is 1.56. The number of rotatable bonds is 1. The zero-order valence-corrected chi connectivity index (χ0v) is 9.52. The third kappa shape index (κ3) is 2.20. The van der Waals surface area contributed by atoms with Crippen molar-refractivity contribution in [2.75, 3.05) is 0 Å². The Morgan fingerprint density at radius 3 is 2.43 bits per heavy atom. The van der Waals surface area contributed by atoms with Crippen molar-refractivity contribution >= 4 is 27.2 Å². The Bertz CT molecular complexity index is 396. The molecule has 14 heavy (non-hydrogen) atoms. The largest absolute Gasteiger partial charge is 0.294 e. The molecular weight excluding hydrogens is 192 g/mol. The molecule has 1 aromatic heterocycles. The van der Waals surface area contributed by atoms with Gasteiger partial charge in [0.05, 0.1) is 4.88 Å². The Labute approximate surface area is 88.4 Å². The lowest BCUT2D eigenvalue weighted by atomic mass is 10.2. The first-order valence-electron chi connectivity index (χ1n) is 4.77. The first kappa shape index (κ1) is 10.9. The van der Waals surface area contributed by atoms with Crippen LogP contribution in [0.3, 0.4) is 0 Å². The van der Waals surface area contributed by atoms with E-state index in [1.165, 1.54) is 4.70 Å². The lowest BCUT2D eigenvalue weighted by Gasteiger charge is -1.82. The van der Waals surface area contributed by atoms with Crippen molar-refractivity contribution in [3.63, 3.8) is 0 Å². The van der Waals surface area contributed by atoms with Crippen molar-refractivity contribution < 1.29 is 4.79 Å². The molecule has 2 rings (SSSR count). The van der Waals surface area contributed by atoms with Crippen LogP contribution in [0.2, 0.25) is 0 Å². The number of hydrogen-bond acceptors (Lipinski definition) is 2. The molecular formula is C12H14OS. The molecule has 2 aromatic rings. The van der Waals surface area contributed by atoms with Crippen molar-refractivity contribution in [2.24, 2.45) is 0 Å². The maximum Gasteiger partial charge on any atom is 0.169 e. The third-order valence-electron chi connectivity index (χ3n) is 1.77. The standard InChI is InChI=1S/C10H8OS.C2H6/c1-7(11)10-6-8-4-2-3-5-9(8)12-10;1-2/h2-6H,1H3;1-2H3. The second-order valence-corrected chi connectivity index (χ2v) is 3.79. The zero-order valence-electron chi connectivity index (χ0n) is 8.70. The van der Waals surface area contributed by atoms with Gasteiger partial charge in [0.2, 0.25) is 0 Å². The van der Waals surface area contributed by atoms with Gasteiger partial charge in [0.25, 0.3) is 0 Å². The topological polar surface area (TPSA) is 17.1 Å². The van der Waals surface area contributed by atoms with Gasteiger partial charge in [0, 0.05) is 4.70 Å². The molecule has 0 bridgehead atoms. The summed E-state index contributed by atoms with van der Waals surface area (Å²) in [4.78, 5) is 11.9. The van der Waals surface area contributed by atoms with Gasteiger partial charge in [-0.25, -0.2) is 0 Å². The summed E-state index contributed by atoms with van der Waals surface area (Å²) in [6.07, 6.45) is 0. The molecule has 0 saturated heterocycles. The molecule has 0 unspecified atom stereocenters. The van der Waals surface area contributed by atoms with Gasteiger partial charge in [-0.05, 0) is 24.4 Å². The van der Waals surface area contributed by atoms with Crippen molar-refractivity contribution in [1.29, 1.82) is 0 Å². The molecule has 0 spiro atoms. The molecule has 0 N–H and O–H groups in total. The molecule has 0 fully saturated rings. The normalized spacial score (nSPS) is 9.36. The van der Waals surface area contributed by atoms with Crippen LogP contribution in [0.4, 0.5) is 0 Å². The van der Waals surface area contributed by atoms with Gasteiger partial charge in [-0.15, -0.1) is 11.3 Å². The van der Waals surface area contributed by atoms with Gasteiger partial charge in [-0.2, -0.15) is 0 Å². The van der Waals surface area contributed by atoms with Crippen LogP contribution in [-0.2, 0) is 0 Å². The zero-order chi connectivity index (χ0) is 10.6. The Balaban J connectivity index is 0.000000461. The van der Waals surface area contributed by atoms with Crippen molar-refractivity contribution in [2.45, 2.75) is 20.8 Å². The highest BCUT2D eigenvalue weighted by Gasteiger charge is 2.03. The van der Waals surface area contributed by atoms with Gasteiger partial charge in [-0.1, -0.05) is 32.0 Å². The highest BCUT2D eigenvalue weighted by molar-refractivity contribution is 7.20. The number of carbonyl (C=O) groups is 1. The molecule has 0 aliphatic carbocycles. The smallest absolute Gasteiger partial charge is 0.169 e.